The lowest BCUT2D eigenvalue weighted by molar-refractivity contribution is -0.131. The van der Waals surface area contributed by atoms with Gasteiger partial charge in [0, 0.05) is 25.2 Å². The van der Waals surface area contributed by atoms with E-state index >= 15 is 0 Å². The largest absolute Gasteiger partial charge is 0.392 e. The maximum atomic E-state index is 12.6. The van der Waals surface area contributed by atoms with Crippen LogP contribution in [0.5, 0.6) is 0 Å². The maximum absolute atomic E-state index is 12.6. The molecule has 1 aromatic carbocycles. The zero-order chi connectivity index (χ0) is 33.7. The highest BCUT2D eigenvalue weighted by atomic mass is 16.6. The van der Waals surface area contributed by atoms with E-state index in [-0.39, 0.29) is 38.0 Å². The Balaban J connectivity index is 0.00000246. The molecule has 0 radical (unpaired) electrons. The van der Waals surface area contributed by atoms with Crippen molar-refractivity contribution < 1.29 is 43.2 Å². The van der Waals surface area contributed by atoms with Crippen molar-refractivity contribution in [2.45, 2.75) is 46.3 Å². The molecular weight excluding hydrogens is 588 g/mol. The van der Waals surface area contributed by atoms with Gasteiger partial charge in [-0.2, -0.15) is 0 Å². The second-order valence-corrected chi connectivity index (χ2v) is 10.0. The number of hydrogen-bond acceptors (Lipinski definition) is 10. The summed E-state index contributed by atoms with van der Waals surface area (Å²) in [5.74, 6) is -1.34. The zero-order valence-corrected chi connectivity index (χ0v) is 27.2. The third-order valence-corrected chi connectivity index (χ3v) is 5.74. The van der Waals surface area contributed by atoms with Crippen molar-refractivity contribution in [2.24, 2.45) is 11.7 Å². The van der Waals surface area contributed by atoms with Gasteiger partial charge in [0.2, 0.25) is 17.7 Å². The molecule has 8 N–H and O–H groups in total. The molecule has 0 bridgehead atoms. The maximum Gasteiger partial charge on any atom is 0.312 e. The van der Waals surface area contributed by atoms with Gasteiger partial charge in [-0.05, 0) is 37.1 Å². The fourth-order valence-corrected chi connectivity index (χ4v) is 3.31. The first kappa shape index (κ1) is 41.7. The van der Waals surface area contributed by atoms with Crippen molar-refractivity contribution in [3.05, 3.63) is 29.8 Å². The number of aliphatic hydroxyl groups is 1. The summed E-state index contributed by atoms with van der Waals surface area (Å²) in [5, 5.41) is 22.4. The molecule has 0 saturated carbocycles. The Hall–Kier alpha value is -3.34. The summed E-state index contributed by atoms with van der Waals surface area (Å²) < 4.78 is 21.6. The molecule has 0 aliphatic carbocycles. The first-order valence-corrected chi connectivity index (χ1v) is 15.2. The molecule has 0 aromatic heterocycles. The Labute approximate surface area is 266 Å². The Morgan fingerprint density at radius 3 is 1.82 bits per heavy atom. The van der Waals surface area contributed by atoms with Crippen LogP contribution in [0.4, 0.5) is 10.5 Å². The number of amides is 5. The van der Waals surface area contributed by atoms with Crippen LogP contribution in [-0.2, 0) is 39.9 Å². The molecule has 1 unspecified atom stereocenters. The van der Waals surface area contributed by atoms with Crippen LogP contribution < -0.4 is 32.3 Å². The molecule has 15 nitrogen and oxygen atoms in total. The lowest BCUT2D eigenvalue weighted by Gasteiger charge is -2.21. The van der Waals surface area contributed by atoms with Crippen molar-refractivity contribution in [3.63, 3.8) is 0 Å². The number of anilines is 1. The monoisotopic (exact) mass is 642 g/mol. The van der Waals surface area contributed by atoms with Gasteiger partial charge >= 0.3 is 6.03 Å². The number of carbonyl (C=O) groups excluding carboxylic acids is 4. The van der Waals surface area contributed by atoms with E-state index in [0.29, 0.717) is 58.5 Å². The summed E-state index contributed by atoms with van der Waals surface area (Å²) in [6.45, 7) is 10.3. The summed E-state index contributed by atoms with van der Waals surface area (Å²) in [6, 6.07) is 5.49. The molecule has 0 saturated heterocycles. The summed E-state index contributed by atoms with van der Waals surface area (Å²) in [6.07, 6.45) is 1.03. The SMILES string of the molecule is CCCNC(N)=O.CNCCOCCOCCOCCOCCC(=O)NC(C(=O)NCC(=O)Nc1ccc(CO)cc1)C(C)C. The van der Waals surface area contributed by atoms with Crippen LogP contribution in [0.1, 0.15) is 39.2 Å². The van der Waals surface area contributed by atoms with Gasteiger partial charge in [0.15, 0.2) is 0 Å². The van der Waals surface area contributed by atoms with E-state index in [2.05, 4.69) is 26.6 Å². The lowest BCUT2D eigenvalue weighted by atomic mass is 10.0. The minimum Gasteiger partial charge on any atom is -0.392 e. The molecule has 0 fully saturated rings. The molecule has 0 aliphatic rings. The van der Waals surface area contributed by atoms with Crippen molar-refractivity contribution in [1.29, 1.82) is 0 Å². The van der Waals surface area contributed by atoms with Crippen molar-refractivity contribution in [1.82, 2.24) is 21.3 Å². The van der Waals surface area contributed by atoms with E-state index in [0.717, 1.165) is 18.5 Å². The number of ether oxygens (including phenoxy) is 4. The van der Waals surface area contributed by atoms with Gasteiger partial charge in [0.25, 0.3) is 0 Å². The Bertz CT molecular complexity index is 935. The molecule has 0 aliphatic heterocycles. The summed E-state index contributed by atoms with van der Waals surface area (Å²) in [4.78, 5) is 46.9. The number of nitrogens with two attached hydrogens (primary N) is 1. The van der Waals surface area contributed by atoms with Crippen LogP contribution in [0, 0.1) is 5.92 Å². The van der Waals surface area contributed by atoms with Crippen LogP contribution in [0.15, 0.2) is 24.3 Å². The van der Waals surface area contributed by atoms with E-state index in [1.807, 2.05) is 27.8 Å². The van der Waals surface area contributed by atoms with E-state index in [1.54, 1.807) is 24.3 Å². The van der Waals surface area contributed by atoms with Crippen molar-refractivity contribution in [3.8, 4) is 0 Å². The Morgan fingerprint density at radius 2 is 1.36 bits per heavy atom. The predicted octanol–water partition coefficient (Wildman–Crippen LogP) is 0.115. The first-order valence-electron chi connectivity index (χ1n) is 15.2. The van der Waals surface area contributed by atoms with E-state index in [1.165, 1.54) is 0 Å². The Morgan fingerprint density at radius 1 is 0.800 bits per heavy atom. The minimum atomic E-state index is -0.781. The van der Waals surface area contributed by atoms with Gasteiger partial charge in [0.05, 0.1) is 66.0 Å². The zero-order valence-electron chi connectivity index (χ0n) is 27.2. The molecule has 0 spiro atoms. The number of aliphatic hydroxyl groups excluding tert-OH is 1. The van der Waals surface area contributed by atoms with Crippen LogP contribution in [0.3, 0.4) is 0 Å². The molecule has 15 heteroatoms. The molecule has 45 heavy (non-hydrogen) atoms. The summed E-state index contributed by atoms with van der Waals surface area (Å²) >= 11 is 0. The van der Waals surface area contributed by atoms with Crippen LogP contribution in [-0.4, -0.2) is 114 Å². The van der Waals surface area contributed by atoms with E-state index in [4.69, 9.17) is 29.8 Å². The second-order valence-electron chi connectivity index (χ2n) is 10.0. The number of benzene rings is 1. The molecule has 5 amide bonds. The first-order chi connectivity index (χ1) is 21.6. The van der Waals surface area contributed by atoms with Gasteiger partial charge in [-0.1, -0.05) is 32.9 Å². The van der Waals surface area contributed by atoms with Gasteiger partial charge in [-0.3, -0.25) is 14.4 Å². The van der Waals surface area contributed by atoms with Crippen LogP contribution in [0.2, 0.25) is 0 Å². The average Bonchev–Trinajstić information content (AvgIpc) is 3.02. The Kier molecular flexibility index (Phi) is 26.1. The third-order valence-electron chi connectivity index (χ3n) is 5.74. The smallest absolute Gasteiger partial charge is 0.312 e. The normalized spacial score (nSPS) is 11.2. The number of urea groups is 1. The highest BCUT2D eigenvalue weighted by molar-refractivity contribution is 5.96. The van der Waals surface area contributed by atoms with Gasteiger partial charge in [-0.25, -0.2) is 4.79 Å². The van der Waals surface area contributed by atoms with Crippen LogP contribution >= 0.6 is 0 Å². The van der Waals surface area contributed by atoms with E-state index in [9.17, 15) is 19.2 Å². The number of nitrogens with one attached hydrogen (secondary N) is 5. The van der Waals surface area contributed by atoms with Gasteiger partial charge in [0.1, 0.15) is 6.04 Å². The molecule has 1 aromatic rings. The van der Waals surface area contributed by atoms with Crippen LogP contribution in [0.25, 0.3) is 0 Å². The summed E-state index contributed by atoms with van der Waals surface area (Å²) in [7, 11) is 1.87. The molecular formula is C30H54N6O9. The summed E-state index contributed by atoms with van der Waals surface area (Å²) in [5.41, 5.74) is 6.01. The fraction of sp³-hybridized carbons (Fsp3) is 0.667. The minimum absolute atomic E-state index is 0.0855. The predicted molar refractivity (Wildman–Crippen MR) is 170 cm³/mol. The highest BCUT2D eigenvalue weighted by Crippen LogP contribution is 2.09. The highest BCUT2D eigenvalue weighted by Gasteiger charge is 2.24. The standard InChI is InChI=1S/C26H44N4O8.C4H10N2O/c1-20(2)25(26(34)28-18-24(33)29-22-6-4-21(19-31)5-7-22)30-23(32)8-10-35-12-14-37-16-17-38-15-13-36-11-9-27-3;1-2-3-6-4(5)7/h4-7,20,25,27,31H,8-19H2,1-3H3,(H,28,34)(H,29,33)(H,30,32);2-3H2,1H3,(H3,5,6,7). The van der Waals surface area contributed by atoms with E-state index < -0.39 is 23.9 Å². The van der Waals surface area contributed by atoms with Crippen molar-refractivity contribution >= 4 is 29.4 Å². The third kappa shape index (κ3) is 24.6. The second kappa shape index (κ2) is 28.2. The van der Waals surface area contributed by atoms with Crippen molar-refractivity contribution in [2.75, 3.05) is 84.9 Å². The molecule has 1 rings (SSSR count). The topological polar surface area (TPSA) is 212 Å². The number of carbonyl (C=O) groups is 4. The number of likely N-dealkylation sites (N-methyl/N-ethyl adjacent to an activating group) is 1. The lowest BCUT2D eigenvalue weighted by Crippen LogP contribution is -2.51. The van der Waals surface area contributed by atoms with Gasteiger partial charge in [-0.15, -0.1) is 0 Å². The molecule has 0 heterocycles. The number of hydrogen-bond donors (Lipinski definition) is 7. The number of rotatable bonds is 24. The fourth-order valence-electron chi connectivity index (χ4n) is 3.31. The number of primary amides is 1. The quantitative estimate of drug-likeness (QED) is 0.0757. The molecule has 258 valence electrons. The van der Waals surface area contributed by atoms with Gasteiger partial charge < -0.3 is 56.4 Å². The average molecular weight is 643 g/mol. The molecule has 1 atom stereocenters.